The van der Waals surface area contributed by atoms with E-state index >= 15 is 0 Å². The maximum atomic E-state index is 12.6. The quantitative estimate of drug-likeness (QED) is 0.501. The van der Waals surface area contributed by atoms with Crippen LogP contribution in [0.15, 0.2) is 41.8 Å². The molecule has 0 saturated heterocycles. The van der Waals surface area contributed by atoms with Crippen molar-refractivity contribution in [3.63, 3.8) is 0 Å². The third kappa shape index (κ3) is 3.84. The monoisotopic (exact) mass is 408 g/mol. The van der Waals surface area contributed by atoms with Gasteiger partial charge < -0.3 is 10.2 Å². The number of carbonyl (C=O) groups excluding carboxylic acids is 1. The van der Waals surface area contributed by atoms with Crippen molar-refractivity contribution < 1.29 is 9.72 Å². The maximum Gasteiger partial charge on any atom is 0.274 e. The molecule has 1 aliphatic rings. The smallest absolute Gasteiger partial charge is 0.274 e. The summed E-state index contributed by atoms with van der Waals surface area (Å²) in [6.45, 7) is 4.59. The molecule has 2 aromatic carbocycles. The van der Waals surface area contributed by atoms with Gasteiger partial charge >= 0.3 is 0 Å². The molecule has 0 saturated carbocycles. The van der Waals surface area contributed by atoms with Crippen molar-refractivity contribution in [3.05, 3.63) is 68.0 Å². The Morgan fingerprint density at radius 1 is 1.31 bits per heavy atom. The van der Waals surface area contributed by atoms with Crippen molar-refractivity contribution in [2.75, 3.05) is 23.3 Å². The second kappa shape index (κ2) is 7.63. The number of hydrogen-bond acceptors (Lipinski definition) is 6. The number of carbonyl (C=O) groups is 1. The Morgan fingerprint density at radius 2 is 2.14 bits per heavy atom. The van der Waals surface area contributed by atoms with Crippen LogP contribution in [0.5, 0.6) is 0 Å². The molecule has 0 atom stereocenters. The summed E-state index contributed by atoms with van der Waals surface area (Å²) in [7, 11) is 0. The van der Waals surface area contributed by atoms with Gasteiger partial charge in [-0.2, -0.15) is 0 Å². The average Bonchev–Trinajstić information content (AvgIpc) is 3.29. The number of benzene rings is 2. The molecule has 0 unspecified atom stereocenters. The molecule has 2 heterocycles. The van der Waals surface area contributed by atoms with Crippen molar-refractivity contribution in [2.45, 2.75) is 20.3 Å². The van der Waals surface area contributed by atoms with E-state index in [1.807, 2.05) is 24.0 Å². The number of nitrogens with one attached hydrogen (secondary N) is 1. The van der Waals surface area contributed by atoms with Crippen LogP contribution >= 0.6 is 11.3 Å². The maximum absolute atomic E-state index is 12.6. The lowest BCUT2D eigenvalue weighted by Crippen LogP contribution is -2.32. The van der Waals surface area contributed by atoms with Gasteiger partial charge in [-0.05, 0) is 44.0 Å². The lowest BCUT2D eigenvalue weighted by Gasteiger charge is -2.19. The highest BCUT2D eigenvalue weighted by molar-refractivity contribution is 7.09. The van der Waals surface area contributed by atoms with Crippen molar-refractivity contribution in [2.24, 2.45) is 0 Å². The zero-order valence-corrected chi connectivity index (χ0v) is 17.0. The van der Waals surface area contributed by atoms with E-state index in [4.69, 9.17) is 0 Å². The Morgan fingerprint density at radius 3 is 2.86 bits per heavy atom. The van der Waals surface area contributed by atoms with E-state index in [0.717, 1.165) is 34.9 Å². The van der Waals surface area contributed by atoms with Gasteiger partial charge in [-0.25, -0.2) is 4.98 Å². The number of aromatic nitrogens is 1. The van der Waals surface area contributed by atoms with Crippen LogP contribution in [0.4, 0.5) is 17.1 Å². The molecule has 3 aromatic rings. The van der Waals surface area contributed by atoms with Gasteiger partial charge in [-0.1, -0.05) is 12.1 Å². The number of aryl methyl sites for hydroxylation is 1. The first-order valence-electron chi connectivity index (χ1n) is 9.26. The highest BCUT2D eigenvalue weighted by atomic mass is 32.1. The largest absolute Gasteiger partial charge is 0.362 e. The normalized spacial score (nSPS) is 12.7. The third-order valence-corrected chi connectivity index (χ3v) is 5.87. The van der Waals surface area contributed by atoms with Gasteiger partial charge in [0.05, 0.1) is 33.4 Å². The summed E-state index contributed by atoms with van der Waals surface area (Å²) < 4.78 is 0. The number of nitro groups is 1. The van der Waals surface area contributed by atoms with Gasteiger partial charge in [-0.15, -0.1) is 11.3 Å². The van der Waals surface area contributed by atoms with Gasteiger partial charge in [0.1, 0.15) is 0 Å². The van der Waals surface area contributed by atoms with E-state index in [0.29, 0.717) is 11.3 Å². The lowest BCUT2D eigenvalue weighted by atomic mass is 10.1. The first kappa shape index (κ1) is 19.1. The number of hydrogen-bond donors (Lipinski definition) is 1. The van der Waals surface area contributed by atoms with E-state index in [-0.39, 0.29) is 18.1 Å². The van der Waals surface area contributed by atoms with Gasteiger partial charge in [0, 0.05) is 29.2 Å². The molecule has 1 N–H and O–H groups in total. The Balaban J connectivity index is 1.47. The summed E-state index contributed by atoms with van der Waals surface area (Å²) in [4.78, 5) is 29.8. The molecule has 0 fully saturated rings. The molecule has 7 nitrogen and oxygen atoms in total. The van der Waals surface area contributed by atoms with E-state index in [2.05, 4.69) is 21.7 Å². The Bertz CT molecular complexity index is 1110. The van der Waals surface area contributed by atoms with Gasteiger partial charge in [-0.3, -0.25) is 14.9 Å². The molecule has 8 heteroatoms. The molecule has 29 heavy (non-hydrogen) atoms. The van der Waals surface area contributed by atoms with Crippen LogP contribution in [0.3, 0.4) is 0 Å². The minimum Gasteiger partial charge on any atom is -0.362 e. The second-order valence-corrected chi connectivity index (χ2v) is 8.08. The van der Waals surface area contributed by atoms with Crippen LogP contribution in [-0.4, -0.2) is 28.9 Å². The molecule has 1 aliphatic heterocycles. The standard InChI is InChI=1S/C21H20N4O3S/c1-13-17(4-3-5-19(13)25(27)28)23-21(26)11-24-9-8-16-10-15(6-7-20(16)24)18-12-29-14(2)22-18/h3-7,10,12H,8-9,11H2,1-2H3,(H,23,26). The molecular weight excluding hydrogens is 388 g/mol. The molecule has 0 bridgehead atoms. The third-order valence-electron chi connectivity index (χ3n) is 5.10. The number of thiazole rings is 1. The van der Waals surface area contributed by atoms with Crippen LogP contribution in [-0.2, 0) is 11.2 Å². The predicted molar refractivity (Wildman–Crippen MR) is 115 cm³/mol. The SMILES string of the molecule is Cc1nc(-c2ccc3c(c2)CCN3CC(=O)Nc2cccc([N+](=O)[O-])c2C)cs1. The summed E-state index contributed by atoms with van der Waals surface area (Å²) >= 11 is 1.63. The van der Waals surface area contributed by atoms with Gasteiger partial charge in [0.25, 0.3) is 5.69 Å². The summed E-state index contributed by atoms with van der Waals surface area (Å²) in [6.07, 6.45) is 0.870. The van der Waals surface area contributed by atoms with Gasteiger partial charge in [0.15, 0.2) is 0 Å². The Hall–Kier alpha value is -3.26. The number of nitrogens with zero attached hydrogens (tertiary/aromatic N) is 3. The zero-order valence-electron chi connectivity index (χ0n) is 16.1. The molecule has 4 rings (SSSR count). The number of amides is 1. The topological polar surface area (TPSA) is 88.4 Å². The van der Waals surface area contributed by atoms with Crippen LogP contribution in [0, 0.1) is 24.0 Å². The van der Waals surface area contributed by atoms with Crippen LogP contribution in [0.2, 0.25) is 0 Å². The van der Waals surface area contributed by atoms with Crippen LogP contribution in [0.1, 0.15) is 16.1 Å². The highest BCUT2D eigenvalue weighted by Crippen LogP contribution is 2.33. The minimum atomic E-state index is -0.441. The van der Waals surface area contributed by atoms with Crippen molar-refractivity contribution in [1.29, 1.82) is 0 Å². The molecule has 1 aromatic heterocycles. The van der Waals surface area contributed by atoms with E-state index in [9.17, 15) is 14.9 Å². The lowest BCUT2D eigenvalue weighted by molar-refractivity contribution is -0.385. The Kier molecular flexibility index (Phi) is 5.02. The van der Waals surface area contributed by atoms with E-state index < -0.39 is 4.92 Å². The fraction of sp³-hybridized carbons (Fsp3) is 0.238. The summed E-state index contributed by atoms with van der Waals surface area (Å²) in [6, 6.07) is 10.9. The minimum absolute atomic E-state index is 0.000811. The molecule has 1 amide bonds. The molecule has 148 valence electrons. The van der Waals surface area contributed by atoms with Crippen LogP contribution in [0.25, 0.3) is 11.3 Å². The van der Waals surface area contributed by atoms with Gasteiger partial charge in [0.2, 0.25) is 5.91 Å². The Labute approximate surface area is 172 Å². The number of nitro benzene ring substituents is 1. The van der Waals surface area contributed by atoms with Crippen molar-refractivity contribution in [1.82, 2.24) is 4.98 Å². The predicted octanol–water partition coefficient (Wildman–Crippen LogP) is 4.34. The van der Waals surface area contributed by atoms with Crippen molar-refractivity contribution >= 4 is 34.3 Å². The molecule has 0 spiro atoms. The molecule has 0 radical (unpaired) electrons. The summed E-state index contributed by atoms with van der Waals surface area (Å²) in [5, 5.41) is 17.0. The van der Waals surface area contributed by atoms with E-state index in [1.165, 1.54) is 11.6 Å². The average molecular weight is 408 g/mol. The summed E-state index contributed by atoms with van der Waals surface area (Å²) in [5.74, 6) is -0.194. The number of anilines is 2. The van der Waals surface area contributed by atoms with Crippen molar-refractivity contribution in [3.8, 4) is 11.3 Å². The fourth-order valence-electron chi connectivity index (χ4n) is 3.61. The fourth-order valence-corrected chi connectivity index (χ4v) is 4.23. The zero-order chi connectivity index (χ0) is 20.5. The number of rotatable bonds is 5. The second-order valence-electron chi connectivity index (χ2n) is 7.02. The first-order chi connectivity index (χ1) is 13.9. The number of fused-ring (bicyclic) bond motifs is 1. The van der Waals surface area contributed by atoms with E-state index in [1.54, 1.807) is 30.4 Å². The highest BCUT2D eigenvalue weighted by Gasteiger charge is 2.23. The molecule has 0 aliphatic carbocycles. The first-order valence-corrected chi connectivity index (χ1v) is 10.1. The molecular formula is C21H20N4O3S. The van der Waals surface area contributed by atoms with Crippen LogP contribution < -0.4 is 10.2 Å². The summed E-state index contributed by atoms with van der Waals surface area (Å²) in [5.41, 5.74) is 5.24.